The summed E-state index contributed by atoms with van der Waals surface area (Å²) >= 11 is 0. The van der Waals surface area contributed by atoms with E-state index in [1.54, 1.807) is 6.92 Å². The van der Waals surface area contributed by atoms with Gasteiger partial charge in [-0.2, -0.15) is 0 Å². The first-order valence-electron chi connectivity index (χ1n) is 7.47. The van der Waals surface area contributed by atoms with E-state index in [9.17, 15) is 21.6 Å². The van der Waals surface area contributed by atoms with Gasteiger partial charge in [0.2, 0.25) is 10.0 Å². The van der Waals surface area contributed by atoms with Crippen molar-refractivity contribution in [3.8, 4) is 5.75 Å². The van der Waals surface area contributed by atoms with Crippen LogP contribution >= 0.6 is 0 Å². The number of carbonyl (C=O) groups excluding carboxylic acids is 1. The molecule has 0 aliphatic carbocycles. The number of benzene rings is 1. The van der Waals surface area contributed by atoms with E-state index in [0.29, 0.717) is 5.75 Å². The summed E-state index contributed by atoms with van der Waals surface area (Å²) in [5.41, 5.74) is 0. The Balaban J connectivity index is 2.17. The number of hydrogen-bond acceptors (Lipinski definition) is 7. The normalized spacial score (nSPS) is 22.3. The monoisotopic (exact) mass is 392 g/mol. The van der Waals surface area contributed by atoms with Gasteiger partial charge in [-0.3, -0.25) is 0 Å². The van der Waals surface area contributed by atoms with Gasteiger partial charge in [0.1, 0.15) is 5.75 Å². The SMILES string of the molecule is CCOC(=O)N[C@H]1CS(=O)(=O)C[C@H]1NS(=O)(=O)c1ccc(OC)cc1. The molecule has 1 heterocycles. The second kappa shape index (κ2) is 7.58. The number of carbonyl (C=O) groups is 1. The molecule has 0 aromatic heterocycles. The fraction of sp³-hybridized carbons (Fsp3) is 0.500. The highest BCUT2D eigenvalue weighted by molar-refractivity contribution is 7.92. The lowest BCUT2D eigenvalue weighted by atomic mass is 10.2. The third-order valence-corrected chi connectivity index (χ3v) is 6.85. The first-order valence-corrected chi connectivity index (χ1v) is 10.8. The Morgan fingerprint density at radius 3 is 2.36 bits per heavy atom. The predicted octanol–water partition coefficient (Wildman–Crippen LogP) is -0.115. The molecule has 0 radical (unpaired) electrons. The summed E-state index contributed by atoms with van der Waals surface area (Å²) < 4.78 is 60.7. The Morgan fingerprint density at radius 2 is 1.80 bits per heavy atom. The second-order valence-corrected chi connectivity index (χ2v) is 9.32. The highest BCUT2D eigenvalue weighted by Crippen LogP contribution is 2.19. The van der Waals surface area contributed by atoms with Gasteiger partial charge in [-0.25, -0.2) is 26.4 Å². The van der Waals surface area contributed by atoms with E-state index in [0.717, 1.165) is 0 Å². The number of methoxy groups -OCH3 is 1. The average molecular weight is 392 g/mol. The number of nitrogens with one attached hydrogen (secondary N) is 2. The fourth-order valence-corrected chi connectivity index (χ4v) is 5.70. The van der Waals surface area contributed by atoms with E-state index in [-0.39, 0.29) is 17.3 Å². The van der Waals surface area contributed by atoms with Crippen LogP contribution in [-0.2, 0) is 24.6 Å². The van der Waals surface area contributed by atoms with Crippen LogP contribution in [0.3, 0.4) is 0 Å². The zero-order valence-electron chi connectivity index (χ0n) is 13.8. The lowest BCUT2D eigenvalue weighted by Gasteiger charge is -2.20. The van der Waals surface area contributed by atoms with Crippen molar-refractivity contribution in [2.24, 2.45) is 0 Å². The van der Waals surface area contributed by atoms with Crippen LogP contribution in [0.25, 0.3) is 0 Å². The molecule has 11 heteroatoms. The Morgan fingerprint density at radius 1 is 1.20 bits per heavy atom. The Bertz CT molecular complexity index is 819. The molecule has 1 aromatic carbocycles. The van der Waals surface area contributed by atoms with Crippen molar-refractivity contribution < 1.29 is 31.1 Å². The molecule has 1 aliphatic rings. The summed E-state index contributed by atoms with van der Waals surface area (Å²) in [6.07, 6.45) is -0.793. The molecule has 1 fully saturated rings. The molecule has 0 unspecified atom stereocenters. The smallest absolute Gasteiger partial charge is 0.407 e. The molecule has 1 saturated heterocycles. The molecule has 140 valence electrons. The summed E-state index contributed by atoms with van der Waals surface area (Å²) in [5.74, 6) is -0.273. The largest absolute Gasteiger partial charge is 0.497 e. The predicted molar refractivity (Wildman–Crippen MR) is 89.7 cm³/mol. The molecule has 1 aromatic rings. The zero-order chi connectivity index (χ0) is 18.7. The van der Waals surface area contributed by atoms with Crippen molar-refractivity contribution in [1.82, 2.24) is 10.0 Å². The molecule has 25 heavy (non-hydrogen) atoms. The summed E-state index contributed by atoms with van der Waals surface area (Å²) in [4.78, 5) is 11.5. The topological polar surface area (TPSA) is 128 Å². The maximum atomic E-state index is 12.5. The number of ether oxygens (including phenoxy) is 2. The minimum Gasteiger partial charge on any atom is -0.497 e. The van der Waals surface area contributed by atoms with Crippen molar-refractivity contribution in [3.63, 3.8) is 0 Å². The van der Waals surface area contributed by atoms with Gasteiger partial charge in [-0.05, 0) is 31.2 Å². The number of hydrogen-bond donors (Lipinski definition) is 2. The van der Waals surface area contributed by atoms with Gasteiger partial charge in [0, 0.05) is 0 Å². The third kappa shape index (κ3) is 5.06. The number of rotatable bonds is 6. The van der Waals surface area contributed by atoms with E-state index in [4.69, 9.17) is 9.47 Å². The minimum absolute atomic E-state index is 0.0347. The highest BCUT2D eigenvalue weighted by atomic mass is 32.2. The van der Waals surface area contributed by atoms with Gasteiger partial charge < -0.3 is 14.8 Å². The average Bonchev–Trinajstić information content (AvgIpc) is 2.80. The summed E-state index contributed by atoms with van der Waals surface area (Å²) in [6, 6.07) is 3.76. The summed E-state index contributed by atoms with van der Waals surface area (Å²) in [6.45, 7) is 1.72. The van der Waals surface area contributed by atoms with Crippen LogP contribution in [-0.4, -0.2) is 60.2 Å². The molecule has 1 aliphatic heterocycles. The number of alkyl carbamates (subject to hydrolysis) is 1. The molecule has 1 amide bonds. The van der Waals surface area contributed by atoms with Gasteiger partial charge in [0.05, 0.1) is 42.2 Å². The third-order valence-electron chi connectivity index (χ3n) is 3.61. The minimum atomic E-state index is -3.96. The Labute approximate surface area is 146 Å². The first-order chi connectivity index (χ1) is 11.7. The fourth-order valence-electron chi connectivity index (χ4n) is 2.45. The van der Waals surface area contributed by atoms with Crippen LogP contribution in [0.4, 0.5) is 4.79 Å². The van der Waals surface area contributed by atoms with Crippen LogP contribution < -0.4 is 14.8 Å². The van der Waals surface area contributed by atoms with E-state index in [1.807, 2.05) is 0 Å². The first kappa shape index (κ1) is 19.5. The molecule has 0 spiro atoms. The quantitative estimate of drug-likeness (QED) is 0.691. The summed E-state index contributed by atoms with van der Waals surface area (Å²) in [5, 5.41) is 2.39. The van der Waals surface area contributed by atoms with Crippen molar-refractivity contribution in [2.75, 3.05) is 25.2 Å². The Kier molecular flexibility index (Phi) is 5.91. The molecule has 2 atom stereocenters. The highest BCUT2D eigenvalue weighted by Gasteiger charge is 2.41. The van der Waals surface area contributed by atoms with Crippen LogP contribution in [0.5, 0.6) is 5.75 Å². The summed E-state index contributed by atoms with van der Waals surface area (Å²) in [7, 11) is -5.99. The number of sulfone groups is 1. The van der Waals surface area contributed by atoms with E-state index in [2.05, 4.69) is 10.0 Å². The molecule has 0 bridgehead atoms. The van der Waals surface area contributed by atoms with Crippen LogP contribution in [0.15, 0.2) is 29.2 Å². The van der Waals surface area contributed by atoms with Crippen LogP contribution in [0.1, 0.15) is 6.92 Å². The maximum Gasteiger partial charge on any atom is 0.407 e. The number of amides is 1. The molecule has 9 nitrogen and oxygen atoms in total. The molecule has 2 N–H and O–H groups in total. The van der Waals surface area contributed by atoms with Gasteiger partial charge in [0.25, 0.3) is 0 Å². The van der Waals surface area contributed by atoms with E-state index in [1.165, 1.54) is 31.4 Å². The second-order valence-electron chi connectivity index (χ2n) is 5.45. The maximum absolute atomic E-state index is 12.5. The molecule has 0 saturated carbocycles. The van der Waals surface area contributed by atoms with Crippen molar-refractivity contribution in [3.05, 3.63) is 24.3 Å². The molecule has 2 rings (SSSR count). The van der Waals surface area contributed by atoms with Crippen molar-refractivity contribution in [1.29, 1.82) is 0 Å². The number of sulfonamides is 1. The Hall–Kier alpha value is -1.85. The van der Waals surface area contributed by atoms with Crippen LogP contribution in [0, 0.1) is 0 Å². The standard InChI is InChI=1S/C14H20N2O7S2/c1-3-23-14(17)15-12-8-24(18,19)9-13(12)16-25(20,21)11-6-4-10(22-2)5-7-11/h4-7,12-13,16H,3,8-9H2,1-2H3,(H,15,17)/t12-,13+/m0/s1. The zero-order valence-corrected chi connectivity index (χ0v) is 15.4. The molecular weight excluding hydrogens is 372 g/mol. The van der Waals surface area contributed by atoms with Gasteiger partial charge in [-0.15, -0.1) is 0 Å². The van der Waals surface area contributed by atoms with E-state index < -0.39 is 43.8 Å². The lowest BCUT2D eigenvalue weighted by molar-refractivity contribution is 0.148. The van der Waals surface area contributed by atoms with Gasteiger partial charge in [0.15, 0.2) is 9.84 Å². The van der Waals surface area contributed by atoms with Crippen molar-refractivity contribution >= 4 is 26.0 Å². The lowest BCUT2D eigenvalue weighted by Crippen LogP contribution is -2.50. The molecular formula is C14H20N2O7S2. The van der Waals surface area contributed by atoms with E-state index >= 15 is 0 Å². The van der Waals surface area contributed by atoms with Crippen molar-refractivity contribution in [2.45, 2.75) is 23.9 Å². The van der Waals surface area contributed by atoms with Crippen LogP contribution in [0.2, 0.25) is 0 Å². The van der Waals surface area contributed by atoms with Gasteiger partial charge in [-0.1, -0.05) is 0 Å². The van der Waals surface area contributed by atoms with Gasteiger partial charge >= 0.3 is 6.09 Å².